The first-order valence-corrected chi connectivity index (χ1v) is 10.5. The van der Waals surface area contributed by atoms with E-state index >= 15 is 0 Å². The van der Waals surface area contributed by atoms with Gasteiger partial charge in [0.2, 0.25) is 17.7 Å². The first-order chi connectivity index (χ1) is 14.0. The lowest BCUT2D eigenvalue weighted by Gasteiger charge is -2.41. The lowest BCUT2D eigenvalue weighted by atomic mass is 9.71. The Balaban J connectivity index is 1.76. The van der Waals surface area contributed by atoms with Gasteiger partial charge < -0.3 is 15.1 Å². The van der Waals surface area contributed by atoms with Crippen molar-refractivity contribution in [2.45, 2.75) is 50.5 Å². The molecular weight excluding hydrogens is 366 g/mol. The molecule has 1 N–H and O–H groups in total. The maximum atomic E-state index is 13.5. The van der Waals surface area contributed by atoms with Crippen molar-refractivity contribution in [2.24, 2.45) is 0 Å². The van der Waals surface area contributed by atoms with Gasteiger partial charge in [0.05, 0.1) is 5.41 Å². The van der Waals surface area contributed by atoms with Gasteiger partial charge >= 0.3 is 0 Å². The zero-order valence-corrected chi connectivity index (χ0v) is 17.2. The largest absolute Gasteiger partial charge is 0.344 e. The summed E-state index contributed by atoms with van der Waals surface area (Å²) in [6.45, 7) is 7.83. The highest BCUT2D eigenvalue weighted by atomic mass is 16.2. The maximum absolute atomic E-state index is 13.5. The Kier molecular flexibility index (Phi) is 6.72. The molecule has 1 atom stereocenters. The topological polar surface area (TPSA) is 69.7 Å². The molecule has 6 nitrogen and oxygen atoms in total. The van der Waals surface area contributed by atoms with E-state index in [1.165, 1.54) is 6.08 Å². The number of amides is 3. The molecule has 1 aromatic carbocycles. The van der Waals surface area contributed by atoms with Gasteiger partial charge in [0.25, 0.3) is 0 Å². The molecule has 1 aromatic rings. The van der Waals surface area contributed by atoms with Crippen LogP contribution in [0.15, 0.2) is 43.0 Å². The monoisotopic (exact) mass is 397 g/mol. The lowest BCUT2D eigenvalue weighted by Crippen LogP contribution is -2.56. The van der Waals surface area contributed by atoms with Crippen LogP contribution in [0.25, 0.3) is 0 Å². The van der Waals surface area contributed by atoms with Crippen molar-refractivity contribution in [1.82, 2.24) is 15.1 Å². The number of benzene rings is 1. The fourth-order valence-electron chi connectivity index (χ4n) is 4.43. The highest BCUT2D eigenvalue weighted by molar-refractivity contribution is 5.93. The average Bonchev–Trinajstić information content (AvgIpc) is 2.79. The van der Waals surface area contributed by atoms with Crippen LogP contribution in [0, 0.1) is 0 Å². The van der Waals surface area contributed by atoms with E-state index in [9.17, 15) is 14.4 Å². The minimum Gasteiger partial charge on any atom is -0.344 e. The molecule has 2 aliphatic rings. The Morgan fingerprint density at radius 2 is 1.62 bits per heavy atom. The van der Waals surface area contributed by atoms with E-state index in [2.05, 4.69) is 11.9 Å². The second-order valence-corrected chi connectivity index (χ2v) is 8.06. The Morgan fingerprint density at radius 3 is 2.21 bits per heavy atom. The number of piperidine rings is 2. The predicted molar refractivity (Wildman–Crippen MR) is 112 cm³/mol. The molecule has 0 radical (unpaired) electrons. The van der Waals surface area contributed by atoms with E-state index in [1.807, 2.05) is 35.2 Å². The minimum absolute atomic E-state index is 0.0134. The molecule has 0 aromatic heterocycles. The molecule has 156 valence electrons. The normalized spacial score (nSPS) is 19.9. The Labute approximate surface area is 172 Å². The van der Waals surface area contributed by atoms with E-state index in [1.54, 1.807) is 11.8 Å². The number of nitrogens with zero attached hydrogens (tertiary/aromatic N) is 2. The van der Waals surface area contributed by atoms with Crippen LogP contribution in [0.3, 0.4) is 0 Å². The molecule has 2 aliphatic heterocycles. The smallest absolute Gasteiger partial charge is 0.245 e. The van der Waals surface area contributed by atoms with Crippen LogP contribution in [0.1, 0.15) is 44.6 Å². The van der Waals surface area contributed by atoms with E-state index < -0.39 is 11.5 Å². The average molecular weight is 398 g/mol. The summed E-state index contributed by atoms with van der Waals surface area (Å²) < 4.78 is 0. The van der Waals surface area contributed by atoms with E-state index in [4.69, 9.17) is 0 Å². The van der Waals surface area contributed by atoms with Crippen molar-refractivity contribution in [3.8, 4) is 0 Å². The Bertz CT molecular complexity index is 748. The molecule has 2 saturated heterocycles. The molecule has 0 bridgehead atoms. The highest BCUT2D eigenvalue weighted by Crippen LogP contribution is 2.36. The second kappa shape index (κ2) is 9.25. The van der Waals surface area contributed by atoms with Crippen LogP contribution >= 0.6 is 0 Å². The van der Waals surface area contributed by atoms with Crippen LogP contribution in [0.5, 0.6) is 0 Å². The van der Waals surface area contributed by atoms with Crippen LogP contribution in [-0.4, -0.2) is 59.7 Å². The van der Waals surface area contributed by atoms with Gasteiger partial charge in [-0.15, -0.1) is 0 Å². The van der Waals surface area contributed by atoms with Gasteiger partial charge in [-0.2, -0.15) is 0 Å². The molecule has 0 saturated carbocycles. The summed E-state index contributed by atoms with van der Waals surface area (Å²) in [4.78, 5) is 41.8. The standard InChI is InChI=1S/C23H31N3O3/c1-3-20(27)25-16-12-23(13-17-25,19-10-6-4-7-11-19)22(29)24-18(2)21(28)26-14-8-5-9-15-26/h3-4,6-7,10-11,18H,1,5,8-9,12-17H2,2H3,(H,24,29)/t18-/m0/s1. The quantitative estimate of drug-likeness (QED) is 0.775. The Hall–Kier alpha value is -2.63. The zero-order chi connectivity index (χ0) is 20.9. The third kappa shape index (κ3) is 4.52. The van der Waals surface area contributed by atoms with Gasteiger partial charge in [0.1, 0.15) is 6.04 Å². The molecule has 6 heteroatoms. The molecule has 0 unspecified atom stereocenters. The van der Waals surface area contributed by atoms with E-state index in [-0.39, 0.29) is 17.7 Å². The van der Waals surface area contributed by atoms with Gasteiger partial charge in [-0.1, -0.05) is 36.9 Å². The summed E-state index contributed by atoms with van der Waals surface area (Å²) in [5.41, 5.74) is 0.191. The second-order valence-electron chi connectivity index (χ2n) is 8.06. The SMILES string of the molecule is C=CC(=O)N1CCC(C(=O)N[C@@H](C)C(=O)N2CCCCC2)(c2ccccc2)CC1. The number of hydrogen-bond donors (Lipinski definition) is 1. The fraction of sp³-hybridized carbons (Fsp3) is 0.522. The van der Waals surface area contributed by atoms with Gasteiger partial charge in [-0.3, -0.25) is 14.4 Å². The zero-order valence-electron chi connectivity index (χ0n) is 17.2. The maximum Gasteiger partial charge on any atom is 0.245 e. The summed E-state index contributed by atoms with van der Waals surface area (Å²) in [6.07, 6.45) is 5.55. The van der Waals surface area contributed by atoms with E-state index in [0.29, 0.717) is 25.9 Å². The molecule has 3 amide bonds. The lowest BCUT2D eigenvalue weighted by molar-refractivity contribution is -0.139. The molecule has 29 heavy (non-hydrogen) atoms. The Morgan fingerprint density at radius 1 is 1.00 bits per heavy atom. The summed E-state index contributed by atoms with van der Waals surface area (Å²) in [5, 5.41) is 2.99. The summed E-state index contributed by atoms with van der Waals surface area (Å²) in [5.74, 6) is -0.256. The van der Waals surface area contributed by atoms with Crippen LogP contribution in [0.2, 0.25) is 0 Å². The molecule has 0 spiro atoms. The van der Waals surface area contributed by atoms with Crippen LogP contribution in [-0.2, 0) is 19.8 Å². The first-order valence-electron chi connectivity index (χ1n) is 10.5. The number of hydrogen-bond acceptors (Lipinski definition) is 3. The van der Waals surface area contributed by atoms with Crippen molar-refractivity contribution < 1.29 is 14.4 Å². The van der Waals surface area contributed by atoms with Crippen molar-refractivity contribution in [3.05, 3.63) is 48.6 Å². The van der Waals surface area contributed by atoms with Crippen molar-refractivity contribution in [3.63, 3.8) is 0 Å². The number of rotatable bonds is 5. The third-order valence-electron chi connectivity index (χ3n) is 6.25. The minimum atomic E-state index is -0.740. The van der Waals surface area contributed by atoms with Crippen LogP contribution in [0.4, 0.5) is 0 Å². The summed E-state index contributed by atoms with van der Waals surface area (Å²) in [7, 11) is 0. The number of likely N-dealkylation sites (tertiary alicyclic amines) is 2. The summed E-state index contributed by atoms with van der Waals surface area (Å²) >= 11 is 0. The molecule has 2 fully saturated rings. The van der Waals surface area contributed by atoms with Gasteiger partial charge in [-0.05, 0) is 50.7 Å². The molecular formula is C23H31N3O3. The van der Waals surface area contributed by atoms with Crippen LogP contribution < -0.4 is 5.32 Å². The van der Waals surface area contributed by atoms with Gasteiger partial charge in [-0.25, -0.2) is 0 Å². The van der Waals surface area contributed by atoms with E-state index in [0.717, 1.165) is 37.9 Å². The highest BCUT2D eigenvalue weighted by Gasteiger charge is 2.44. The third-order valence-corrected chi connectivity index (χ3v) is 6.25. The van der Waals surface area contributed by atoms with Gasteiger partial charge in [0, 0.05) is 26.2 Å². The van der Waals surface area contributed by atoms with Crippen molar-refractivity contribution in [1.29, 1.82) is 0 Å². The van der Waals surface area contributed by atoms with Crippen molar-refractivity contribution in [2.75, 3.05) is 26.2 Å². The van der Waals surface area contributed by atoms with Crippen molar-refractivity contribution >= 4 is 17.7 Å². The summed E-state index contributed by atoms with van der Waals surface area (Å²) in [6, 6.07) is 9.13. The first kappa shape index (κ1) is 21.1. The van der Waals surface area contributed by atoms with Gasteiger partial charge in [0.15, 0.2) is 0 Å². The molecule has 3 rings (SSSR count). The molecule has 2 heterocycles. The number of nitrogens with one attached hydrogen (secondary N) is 1. The fourth-order valence-corrected chi connectivity index (χ4v) is 4.43. The number of carbonyl (C=O) groups excluding carboxylic acids is 3. The number of carbonyl (C=O) groups is 3. The molecule has 0 aliphatic carbocycles. The predicted octanol–water partition coefficient (Wildman–Crippen LogP) is 2.25.